The monoisotopic (exact) mass is 128 g/mol. The van der Waals surface area contributed by atoms with Crippen molar-refractivity contribution in [2.24, 2.45) is 11.8 Å². The molecule has 52 valence electrons. The van der Waals surface area contributed by atoms with Crippen molar-refractivity contribution in [1.29, 1.82) is 0 Å². The predicted molar refractivity (Wildman–Crippen MR) is 34.9 cm³/mol. The summed E-state index contributed by atoms with van der Waals surface area (Å²) >= 11 is 0. The second kappa shape index (κ2) is 2.50. The Hall–Kier alpha value is -0.340. The number of hydrogen-bond acceptors (Lipinski definition) is 2. The van der Waals surface area contributed by atoms with Gasteiger partial charge < -0.3 is 10.2 Å². The molecule has 0 saturated heterocycles. The van der Waals surface area contributed by atoms with Gasteiger partial charge in [-0.15, -0.1) is 6.58 Å². The summed E-state index contributed by atoms with van der Waals surface area (Å²) in [6, 6.07) is 0. The van der Waals surface area contributed by atoms with E-state index in [1.165, 1.54) is 6.08 Å². The zero-order valence-corrected chi connectivity index (χ0v) is 5.33. The van der Waals surface area contributed by atoms with Crippen LogP contribution >= 0.6 is 0 Å². The molecule has 0 heterocycles. The Bertz CT molecular complexity index is 111. The van der Waals surface area contributed by atoms with Crippen LogP contribution in [0.2, 0.25) is 0 Å². The Morgan fingerprint density at radius 2 is 2.44 bits per heavy atom. The van der Waals surface area contributed by atoms with Crippen LogP contribution in [0.3, 0.4) is 0 Å². The van der Waals surface area contributed by atoms with Crippen molar-refractivity contribution in [3.63, 3.8) is 0 Å². The van der Waals surface area contributed by atoms with Crippen LogP contribution in [0.25, 0.3) is 0 Å². The fourth-order valence-electron chi connectivity index (χ4n) is 1.07. The lowest BCUT2D eigenvalue weighted by Gasteiger charge is -2.00. The van der Waals surface area contributed by atoms with Gasteiger partial charge in [-0.25, -0.2) is 0 Å². The number of aliphatic hydroxyl groups is 2. The number of aliphatic hydroxyl groups excluding tert-OH is 2. The lowest BCUT2D eigenvalue weighted by Crippen LogP contribution is -2.06. The maximum atomic E-state index is 9.07. The standard InChI is InChI=1S/C7H12O2/c1-2-7(9)6-3-5(6)4-8/h2,5-9H,1,3-4H2/t5-,6-,7?/m0/s1. The van der Waals surface area contributed by atoms with Crippen molar-refractivity contribution >= 4 is 0 Å². The van der Waals surface area contributed by atoms with E-state index in [1.54, 1.807) is 0 Å². The quantitative estimate of drug-likeness (QED) is 0.531. The number of hydrogen-bond donors (Lipinski definition) is 2. The Morgan fingerprint density at radius 1 is 1.78 bits per heavy atom. The molecule has 1 saturated carbocycles. The van der Waals surface area contributed by atoms with Crippen LogP contribution in [0, 0.1) is 11.8 Å². The van der Waals surface area contributed by atoms with Crippen LogP contribution in [0.5, 0.6) is 0 Å². The summed E-state index contributed by atoms with van der Waals surface area (Å²) in [5, 5.41) is 17.6. The van der Waals surface area contributed by atoms with Gasteiger partial charge in [0.15, 0.2) is 0 Å². The molecule has 2 nitrogen and oxygen atoms in total. The van der Waals surface area contributed by atoms with Crippen molar-refractivity contribution in [2.45, 2.75) is 12.5 Å². The molecule has 2 N–H and O–H groups in total. The van der Waals surface area contributed by atoms with Gasteiger partial charge in [-0.1, -0.05) is 6.08 Å². The fraction of sp³-hybridized carbons (Fsp3) is 0.714. The first-order chi connectivity index (χ1) is 4.29. The summed E-state index contributed by atoms with van der Waals surface area (Å²) in [4.78, 5) is 0. The Kier molecular flexibility index (Phi) is 1.88. The zero-order chi connectivity index (χ0) is 6.85. The first kappa shape index (κ1) is 6.78. The summed E-state index contributed by atoms with van der Waals surface area (Å²) in [6.45, 7) is 3.66. The first-order valence-corrected chi connectivity index (χ1v) is 3.21. The summed E-state index contributed by atoms with van der Waals surface area (Å²) in [7, 11) is 0. The highest BCUT2D eigenvalue weighted by Gasteiger charge is 2.40. The molecule has 1 fully saturated rings. The molecule has 1 aliphatic carbocycles. The molecule has 3 atom stereocenters. The van der Waals surface area contributed by atoms with E-state index in [4.69, 9.17) is 10.2 Å². The van der Waals surface area contributed by atoms with Crippen LogP contribution in [-0.2, 0) is 0 Å². The van der Waals surface area contributed by atoms with E-state index in [-0.39, 0.29) is 12.5 Å². The molecular weight excluding hydrogens is 116 g/mol. The van der Waals surface area contributed by atoms with E-state index < -0.39 is 6.10 Å². The second-order valence-electron chi connectivity index (χ2n) is 2.57. The van der Waals surface area contributed by atoms with E-state index >= 15 is 0 Å². The third-order valence-corrected chi connectivity index (χ3v) is 1.89. The largest absolute Gasteiger partial charge is 0.396 e. The van der Waals surface area contributed by atoms with Crippen molar-refractivity contribution < 1.29 is 10.2 Å². The molecule has 1 rings (SSSR count). The van der Waals surface area contributed by atoms with Crippen LogP contribution in [-0.4, -0.2) is 22.9 Å². The molecule has 0 spiro atoms. The van der Waals surface area contributed by atoms with Crippen LogP contribution in [0.4, 0.5) is 0 Å². The van der Waals surface area contributed by atoms with E-state index in [0.717, 1.165) is 6.42 Å². The van der Waals surface area contributed by atoms with E-state index in [9.17, 15) is 0 Å². The summed E-state index contributed by atoms with van der Waals surface area (Å²) < 4.78 is 0. The summed E-state index contributed by atoms with van der Waals surface area (Å²) in [6.07, 6.45) is 2.08. The van der Waals surface area contributed by atoms with Gasteiger partial charge in [0, 0.05) is 6.61 Å². The SMILES string of the molecule is C=CC(O)[C@H]1C[C@H]1CO. The summed E-state index contributed by atoms with van der Waals surface area (Å²) in [5.74, 6) is 0.616. The lowest BCUT2D eigenvalue weighted by molar-refractivity contribution is 0.178. The predicted octanol–water partition coefficient (Wildman–Crippen LogP) is 0.162. The van der Waals surface area contributed by atoms with Gasteiger partial charge in [0.2, 0.25) is 0 Å². The van der Waals surface area contributed by atoms with Gasteiger partial charge in [-0.2, -0.15) is 0 Å². The zero-order valence-electron chi connectivity index (χ0n) is 5.33. The average molecular weight is 128 g/mol. The molecule has 1 aliphatic rings. The topological polar surface area (TPSA) is 40.5 Å². The molecule has 0 bridgehead atoms. The van der Waals surface area contributed by atoms with Gasteiger partial charge in [-0.3, -0.25) is 0 Å². The molecule has 0 aromatic rings. The molecule has 9 heavy (non-hydrogen) atoms. The molecule has 0 radical (unpaired) electrons. The third-order valence-electron chi connectivity index (χ3n) is 1.89. The second-order valence-corrected chi connectivity index (χ2v) is 2.57. The molecule has 2 heteroatoms. The van der Waals surface area contributed by atoms with Crippen LogP contribution in [0.1, 0.15) is 6.42 Å². The van der Waals surface area contributed by atoms with Crippen molar-refractivity contribution in [3.05, 3.63) is 12.7 Å². The molecule has 1 unspecified atom stereocenters. The van der Waals surface area contributed by atoms with Crippen LogP contribution in [0.15, 0.2) is 12.7 Å². The molecular formula is C7H12O2. The van der Waals surface area contributed by atoms with E-state index in [2.05, 4.69) is 6.58 Å². The Morgan fingerprint density at radius 3 is 2.78 bits per heavy atom. The number of rotatable bonds is 3. The van der Waals surface area contributed by atoms with E-state index in [0.29, 0.717) is 5.92 Å². The normalized spacial score (nSPS) is 35.8. The van der Waals surface area contributed by atoms with Gasteiger partial charge in [0.25, 0.3) is 0 Å². The van der Waals surface area contributed by atoms with Gasteiger partial charge in [-0.05, 0) is 18.3 Å². The minimum absolute atomic E-state index is 0.204. The van der Waals surface area contributed by atoms with Crippen molar-refractivity contribution in [1.82, 2.24) is 0 Å². The lowest BCUT2D eigenvalue weighted by atomic mass is 10.2. The molecule has 0 aromatic heterocycles. The smallest absolute Gasteiger partial charge is 0.0750 e. The van der Waals surface area contributed by atoms with Crippen LogP contribution < -0.4 is 0 Å². The fourth-order valence-corrected chi connectivity index (χ4v) is 1.07. The maximum Gasteiger partial charge on any atom is 0.0750 e. The Labute approximate surface area is 54.8 Å². The molecule has 0 aliphatic heterocycles. The maximum absolute atomic E-state index is 9.07. The van der Waals surface area contributed by atoms with Gasteiger partial charge in [0.1, 0.15) is 0 Å². The van der Waals surface area contributed by atoms with Gasteiger partial charge in [0.05, 0.1) is 6.10 Å². The Balaban J connectivity index is 2.24. The highest BCUT2D eigenvalue weighted by Crippen LogP contribution is 2.40. The third kappa shape index (κ3) is 1.32. The minimum Gasteiger partial charge on any atom is -0.396 e. The molecule has 0 amide bonds. The van der Waals surface area contributed by atoms with E-state index in [1.807, 2.05) is 0 Å². The molecule has 0 aromatic carbocycles. The average Bonchev–Trinajstić information content (AvgIpc) is 2.64. The van der Waals surface area contributed by atoms with Crippen molar-refractivity contribution in [2.75, 3.05) is 6.61 Å². The first-order valence-electron chi connectivity index (χ1n) is 3.21. The summed E-state index contributed by atoms with van der Waals surface area (Å²) in [5.41, 5.74) is 0. The van der Waals surface area contributed by atoms with Crippen molar-refractivity contribution in [3.8, 4) is 0 Å². The highest BCUT2D eigenvalue weighted by molar-refractivity contribution is 4.97. The van der Waals surface area contributed by atoms with Gasteiger partial charge >= 0.3 is 0 Å². The highest BCUT2D eigenvalue weighted by atomic mass is 16.3. The minimum atomic E-state index is -0.401.